The number of fused-ring (bicyclic) bond motifs is 2. The maximum Gasteiger partial charge on any atom is 0.253 e. The molecule has 2 saturated heterocycles. The zero-order chi connectivity index (χ0) is 17.2. The lowest BCUT2D eigenvalue weighted by Crippen LogP contribution is -2.48. The molecule has 27 heavy (non-hydrogen) atoms. The van der Waals surface area contributed by atoms with Crippen molar-refractivity contribution in [2.75, 3.05) is 7.11 Å². The molecule has 146 valence electrons. The lowest BCUT2D eigenvalue weighted by atomic mass is 9.99. The van der Waals surface area contributed by atoms with E-state index in [0.717, 1.165) is 29.7 Å². The first kappa shape index (κ1) is 21.5. The topological polar surface area (TPSA) is 63.2 Å². The normalized spacial score (nSPS) is 22.9. The van der Waals surface area contributed by atoms with Crippen LogP contribution in [0.2, 0.25) is 0 Å². The highest BCUT2D eigenvalue weighted by Gasteiger charge is 2.34. The van der Waals surface area contributed by atoms with Gasteiger partial charge >= 0.3 is 0 Å². The molecule has 2 fully saturated rings. The van der Waals surface area contributed by atoms with Crippen molar-refractivity contribution in [1.29, 1.82) is 0 Å². The summed E-state index contributed by atoms with van der Waals surface area (Å²) in [5.74, 6) is 0.778. The molecule has 7 heteroatoms. The summed E-state index contributed by atoms with van der Waals surface area (Å²) >= 11 is 0. The van der Waals surface area contributed by atoms with Crippen LogP contribution in [0.3, 0.4) is 0 Å². The van der Waals surface area contributed by atoms with E-state index in [1.54, 1.807) is 19.5 Å². The van der Waals surface area contributed by atoms with Crippen molar-refractivity contribution in [1.82, 2.24) is 15.6 Å². The van der Waals surface area contributed by atoms with Crippen LogP contribution in [0.4, 0.5) is 0 Å². The van der Waals surface area contributed by atoms with Gasteiger partial charge in [0.2, 0.25) is 0 Å². The number of nitrogens with zero attached hydrogens (tertiary/aromatic N) is 1. The van der Waals surface area contributed by atoms with E-state index in [-0.39, 0.29) is 36.8 Å². The molecule has 1 aromatic carbocycles. The third-order valence-corrected chi connectivity index (χ3v) is 5.23. The summed E-state index contributed by atoms with van der Waals surface area (Å²) in [4.78, 5) is 16.9. The molecule has 4 rings (SSSR count). The van der Waals surface area contributed by atoms with Gasteiger partial charge in [-0.15, -0.1) is 24.8 Å². The molecule has 0 spiro atoms. The number of nitrogens with one attached hydrogen (secondary N) is 2. The number of rotatable bonds is 4. The van der Waals surface area contributed by atoms with Crippen molar-refractivity contribution in [3.05, 3.63) is 48.3 Å². The smallest absolute Gasteiger partial charge is 0.253 e. The Hall–Kier alpha value is -1.82. The predicted molar refractivity (Wildman–Crippen MR) is 111 cm³/mol. The Bertz CT molecular complexity index is 758. The minimum absolute atomic E-state index is 0. The second kappa shape index (κ2) is 9.40. The van der Waals surface area contributed by atoms with E-state index in [1.807, 2.05) is 30.3 Å². The minimum atomic E-state index is -0.0332. The van der Waals surface area contributed by atoms with Gasteiger partial charge in [-0.3, -0.25) is 9.78 Å². The van der Waals surface area contributed by atoms with E-state index in [4.69, 9.17) is 4.74 Å². The first-order valence-electron chi connectivity index (χ1n) is 8.87. The number of halogens is 2. The number of carbonyl (C=O) groups is 1. The molecule has 2 aliphatic heterocycles. The molecule has 1 aromatic heterocycles. The van der Waals surface area contributed by atoms with Gasteiger partial charge < -0.3 is 15.4 Å². The van der Waals surface area contributed by atoms with Gasteiger partial charge in [-0.05, 0) is 49.4 Å². The van der Waals surface area contributed by atoms with Crippen LogP contribution in [0.5, 0.6) is 5.75 Å². The highest BCUT2D eigenvalue weighted by Crippen LogP contribution is 2.27. The molecular weight excluding hydrogens is 385 g/mol. The third kappa shape index (κ3) is 4.92. The number of ether oxygens (including phenoxy) is 1. The van der Waals surface area contributed by atoms with Gasteiger partial charge in [0.05, 0.1) is 12.7 Å². The van der Waals surface area contributed by atoms with Gasteiger partial charge in [0, 0.05) is 36.1 Å². The Morgan fingerprint density at radius 3 is 2.37 bits per heavy atom. The Morgan fingerprint density at radius 2 is 1.74 bits per heavy atom. The fourth-order valence-electron chi connectivity index (χ4n) is 3.95. The van der Waals surface area contributed by atoms with Crippen LogP contribution in [0.25, 0.3) is 11.1 Å². The number of hydrogen-bond donors (Lipinski definition) is 2. The monoisotopic (exact) mass is 409 g/mol. The molecule has 2 aromatic rings. The highest BCUT2D eigenvalue weighted by atomic mass is 35.5. The number of carbonyl (C=O) groups excluding carboxylic acids is 1. The Morgan fingerprint density at radius 1 is 1.07 bits per heavy atom. The summed E-state index contributed by atoms with van der Waals surface area (Å²) in [6.45, 7) is 0. The molecular formula is C20H25Cl2N3O2. The lowest BCUT2D eigenvalue weighted by molar-refractivity contribution is 0.0923. The molecule has 1 amide bonds. The average Bonchev–Trinajstić information content (AvgIpc) is 3.00. The maximum atomic E-state index is 12.6. The SMILES string of the molecule is COc1ccc(-c2cncc(C(=O)NC3CC4CCC(C3)N4)c2)cc1.Cl.Cl. The van der Waals surface area contributed by atoms with Crippen molar-refractivity contribution in [2.24, 2.45) is 0 Å². The maximum absolute atomic E-state index is 12.6. The van der Waals surface area contributed by atoms with Gasteiger partial charge in [-0.25, -0.2) is 0 Å². The molecule has 2 atom stereocenters. The van der Waals surface area contributed by atoms with Crippen LogP contribution in [0.1, 0.15) is 36.0 Å². The molecule has 0 aliphatic carbocycles. The van der Waals surface area contributed by atoms with Crippen LogP contribution in [0.15, 0.2) is 42.7 Å². The van der Waals surface area contributed by atoms with Crippen LogP contribution in [-0.4, -0.2) is 36.1 Å². The first-order valence-corrected chi connectivity index (χ1v) is 8.87. The van der Waals surface area contributed by atoms with Gasteiger partial charge in [0.1, 0.15) is 5.75 Å². The van der Waals surface area contributed by atoms with Crippen molar-refractivity contribution < 1.29 is 9.53 Å². The molecule has 2 unspecified atom stereocenters. The fourth-order valence-corrected chi connectivity index (χ4v) is 3.95. The first-order chi connectivity index (χ1) is 12.2. The van der Waals surface area contributed by atoms with Gasteiger partial charge in [-0.1, -0.05) is 12.1 Å². The number of methoxy groups -OCH3 is 1. The van der Waals surface area contributed by atoms with E-state index in [1.165, 1.54) is 12.8 Å². The lowest BCUT2D eigenvalue weighted by Gasteiger charge is -2.29. The quantitative estimate of drug-likeness (QED) is 0.809. The fraction of sp³-hybridized carbons (Fsp3) is 0.400. The molecule has 5 nitrogen and oxygen atoms in total. The van der Waals surface area contributed by atoms with Crippen molar-refractivity contribution in [3.8, 4) is 16.9 Å². The number of amides is 1. The van der Waals surface area contributed by atoms with Gasteiger partial charge in [0.15, 0.2) is 0 Å². The number of hydrogen-bond acceptors (Lipinski definition) is 4. The van der Waals surface area contributed by atoms with Crippen molar-refractivity contribution in [2.45, 2.75) is 43.8 Å². The predicted octanol–water partition coefficient (Wildman–Crippen LogP) is 3.61. The molecule has 2 bridgehead atoms. The van der Waals surface area contributed by atoms with E-state index < -0.39 is 0 Å². The summed E-state index contributed by atoms with van der Waals surface area (Å²) < 4.78 is 5.19. The zero-order valence-corrected chi connectivity index (χ0v) is 16.8. The largest absolute Gasteiger partial charge is 0.497 e. The number of aromatic nitrogens is 1. The number of piperidine rings is 1. The summed E-state index contributed by atoms with van der Waals surface area (Å²) in [6, 6.07) is 11.1. The standard InChI is InChI=1S/C20H23N3O2.2ClH/c1-25-19-6-2-13(3-7-19)14-8-15(12-21-11-14)20(24)23-18-9-16-4-5-17(10-18)22-16;;/h2-3,6-8,11-12,16-18,22H,4-5,9-10H2,1H3,(H,23,24);2*1H. The van der Waals surface area contributed by atoms with Crippen molar-refractivity contribution >= 4 is 30.7 Å². The van der Waals surface area contributed by atoms with E-state index in [9.17, 15) is 4.79 Å². The highest BCUT2D eigenvalue weighted by molar-refractivity contribution is 5.95. The molecule has 2 aliphatic rings. The summed E-state index contributed by atoms with van der Waals surface area (Å²) in [6.07, 6.45) is 7.92. The molecule has 2 N–H and O–H groups in total. The Kier molecular flexibility index (Phi) is 7.48. The van der Waals surface area contributed by atoms with Crippen LogP contribution < -0.4 is 15.4 Å². The number of pyridine rings is 1. The van der Waals surface area contributed by atoms with Crippen LogP contribution >= 0.6 is 24.8 Å². The van der Waals surface area contributed by atoms with E-state index in [0.29, 0.717) is 17.6 Å². The molecule has 3 heterocycles. The van der Waals surface area contributed by atoms with Gasteiger partial charge in [0.25, 0.3) is 5.91 Å². The van der Waals surface area contributed by atoms with Crippen LogP contribution in [0, 0.1) is 0 Å². The summed E-state index contributed by atoms with van der Waals surface area (Å²) in [5.41, 5.74) is 2.56. The van der Waals surface area contributed by atoms with E-state index in [2.05, 4.69) is 15.6 Å². The zero-order valence-electron chi connectivity index (χ0n) is 15.2. The summed E-state index contributed by atoms with van der Waals surface area (Å²) in [5, 5.41) is 6.79. The second-order valence-electron chi connectivity index (χ2n) is 6.97. The Labute approximate surface area is 172 Å². The minimum Gasteiger partial charge on any atom is -0.497 e. The average molecular weight is 410 g/mol. The third-order valence-electron chi connectivity index (χ3n) is 5.23. The Balaban J connectivity index is 0.00000131. The summed E-state index contributed by atoms with van der Waals surface area (Å²) in [7, 11) is 1.65. The number of benzene rings is 1. The van der Waals surface area contributed by atoms with Crippen molar-refractivity contribution in [3.63, 3.8) is 0 Å². The molecule has 0 radical (unpaired) electrons. The van der Waals surface area contributed by atoms with Gasteiger partial charge in [-0.2, -0.15) is 0 Å². The van der Waals surface area contributed by atoms with E-state index >= 15 is 0 Å². The van der Waals surface area contributed by atoms with Crippen LogP contribution in [-0.2, 0) is 0 Å². The molecule has 0 saturated carbocycles. The second-order valence-corrected chi connectivity index (χ2v) is 6.97.